The van der Waals surface area contributed by atoms with Gasteiger partial charge in [-0.2, -0.15) is 15.0 Å². The van der Waals surface area contributed by atoms with Gasteiger partial charge in [-0.3, -0.25) is 10.1 Å². The number of hydrogen-bond donors (Lipinski definition) is 3. The van der Waals surface area contributed by atoms with Crippen molar-refractivity contribution in [3.63, 3.8) is 0 Å². The van der Waals surface area contributed by atoms with Crippen molar-refractivity contribution in [3.8, 4) is 0 Å². The maximum atomic E-state index is 10.4. The van der Waals surface area contributed by atoms with Gasteiger partial charge in [0.25, 0.3) is 0 Å². The summed E-state index contributed by atoms with van der Waals surface area (Å²) in [6.07, 6.45) is 4.48. The second-order valence-electron chi connectivity index (χ2n) is 3.66. The van der Waals surface area contributed by atoms with Crippen molar-refractivity contribution in [1.82, 2.24) is 15.0 Å². The Morgan fingerprint density at radius 3 is 2.59 bits per heavy atom. The van der Waals surface area contributed by atoms with Gasteiger partial charge in [0.2, 0.25) is 24.3 Å². The normalized spacial score (nSPS) is 13.9. The average molecular weight is 234 g/mol. The number of carbonyl (C=O) groups is 1. The number of amides is 1. The van der Waals surface area contributed by atoms with E-state index in [9.17, 15) is 4.79 Å². The van der Waals surface area contributed by atoms with E-state index in [1.54, 1.807) is 6.08 Å². The summed E-state index contributed by atoms with van der Waals surface area (Å²) in [5.41, 5.74) is 0. The molecule has 0 aliphatic heterocycles. The first-order chi connectivity index (χ1) is 8.31. The molecule has 7 heteroatoms. The van der Waals surface area contributed by atoms with Gasteiger partial charge in [-0.1, -0.05) is 6.08 Å². The number of hydrogen-bond acceptors (Lipinski definition) is 6. The molecule has 1 aliphatic carbocycles. The van der Waals surface area contributed by atoms with Crippen molar-refractivity contribution in [1.29, 1.82) is 0 Å². The van der Waals surface area contributed by atoms with Gasteiger partial charge in [0.15, 0.2) is 0 Å². The quantitative estimate of drug-likeness (QED) is 0.473. The van der Waals surface area contributed by atoms with E-state index in [0.717, 1.165) is 12.8 Å². The summed E-state index contributed by atoms with van der Waals surface area (Å²) in [6, 6.07) is 0.439. The first kappa shape index (κ1) is 11.3. The van der Waals surface area contributed by atoms with Crippen molar-refractivity contribution in [2.75, 3.05) is 22.5 Å². The van der Waals surface area contributed by atoms with E-state index in [1.807, 2.05) is 0 Å². The number of aromatic nitrogens is 3. The summed E-state index contributed by atoms with van der Waals surface area (Å²) < 4.78 is 0. The van der Waals surface area contributed by atoms with Gasteiger partial charge in [-0.25, -0.2) is 0 Å². The predicted molar refractivity (Wildman–Crippen MR) is 64.8 cm³/mol. The Labute approximate surface area is 98.8 Å². The standard InChI is InChI=1S/C10H14N6O/c1-2-5-11-8-14-9(12-6-17)16-10(15-8)13-7-3-4-7/h2,6-7H,1,3-5H2,(H3,11,12,13,14,15,16,17). The molecule has 0 bridgehead atoms. The topological polar surface area (TPSA) is 91.8 Å². The molecule has 1 aromatic rings. The molecule has 3 N–H and O–H groups in total. The molecular weight excluding hydrogens is 220 g/mol. The average Bonchev–Trinajstić information content (AvgIpc) is 3.10. The van der Waals surface area contributed by atoms with E-state index in [1.165, 1.54) is 0 Å². The second-order valence-corrected chi connectivity index (χ2v) is 3.66. The Bertz CT molecular complexity index is 417. The molecule has 0 saturated heterocycles. The van der Waals surface area contributed by atoms with Crippen molar-refractivity contribution in [2.45, 2.75) is 18.9 Å². The number of nitrogens with one attached hydrogen (secondary N) is 3. The highest BCUT2D eigenvalue weighted by molar-refractivity contribution is 5.67. The summed E-state index contributed by atoms with van der Waals surface area (Å²) in [4.78, 5) is 22.7. The molecule has 2 rings (SSSR count). The van der Waals surface area contributed by atoms with Crippen LogP contribution in [-0.4, -0.2) is 33.9 Å². The Balaban J connectivity index is 2.13. The molecule has 1 amide bonds. The van der Waals surface area contributed by atoms with Crippen LogP contribution < -0.4 is 16.0 Å². The maximum Gasteiger partial charge on any atom is 0.235 e. The fraction of sp³-hybridized carbons (Fsp3) is 0.400. The third-order valence-electron chi connectivity index (χ3n) is 2.14. The van der Waals surface area contributed by atoms with E-state index < -0.39 is 0 Å². The van der Waals surface area contributed by atoms with Gasteiger partial charge >= 0.3 is 0 Å². The van der Waals surface area contributed by atoms with Crippen LogP contribution in [0.25, 0.3) is 0 Å². The molecule has 17 heavy (non-hydrogen) atoms. The molecule has 0 unspecified atom stereocenters. The maximum absolute atomic E-state index is 10.4. The van der Waals surface area contributed by atoms with Crippen molar-refractivity contribution < 1.29 is 4.79 Å². The Kier molecular flexibility index (Phi) is 3.49. The fourth-order valence-electron chi connectivity index (χ4n) is 1.21. The van der Waals surface area contributed by atoms with E-state index in [0.29, 0.717) is 30.9 Å². The lowest BCUT2D eigenvalue weighted by Crippen LogP contribution is -2.12. The number of anilines is 3. The first-order valence-corrected chi connectivity index (χ1v) is 5.39. The zero-order valence-corrected chi connectivity index (χ0v) is 9.31. The fourth-order valence-corrected chi connectivity index (χ4v) is 1.21. The van der Waals surface area contributed by atoms with Crippen LogP contribution in [0.3, 0.4) is 0 Å². The van der Waals surface area contributed by atoms with Crippen LogP contribution in [0.1, 0.15) is 12.8 Å². The highest BCUT2D eigenvalue weighted by atomic mass is 16.1. The van der Waals surface area contributed by atoms with Crippen LogP contribution >= 0.6 is 0 Å². The Morgan fingerprint density at radius 1 is 1.24 bits per heavy atom. The second kappa shape index (κ2) is 5.24. The summed E-state index contributed by atoms with van der Waals surface area (Å²) in [7, 11) is 0. The van der Waals surface area contributed by atoms with E-state index >= 15 is 0 Å². The minimum atomic E-state index is 0.227. The predicted octanol–water partition coefficient (Wildman–Crippen LogP) is 0.612. The molecule has 7 nitrogen and oxygen atoms in total. The number of carbonyl (C=O) groups excluding carboxylic acids is 1. The molecule has 90 valence electrons. The summed E-state index contributed by atoms with van der Waals surface area (Å²) in [6.45, 7) is 4.14. The van der Waals surface area contributed by atoms with Crippen LogP contribution in [0.15, 0.2) is 12.7 Å². The van der Waals surface area contributed by atoms with E-state index in [-0.39, 0.29) is 5.95 Å². The van der Waals surface area contributed by atoms with Crippen molar-refractivity contribution >= 4 is 24.3 Å². The molecule has 0 radical (unpaired) electrons. The van der Waals surface area contributed by atoms with E-state index in [4.69, 9.17) is 0 Å². The third-order valence-corrected chi connectivity index (χ3v) is 2.14. The highest BCUT2D eigenvalue weighted by Crippen LogP contribution is 2.23. The first-order valence-electron chi connectivity index (χ1n) is 5.39. The van der Waals surface area contributed by atoms with Gasteiger partial charge in [-0.15, -0.1) is 6.58 Å². The molecule has 0 atom stereocenters. The molecule has 0 aromatic carbocycles. The summed E-state index contributed by atoms with van der Waals surface area (Å²) in [5, 5.41) is 8.51. The third kappa shape index (κ3) is 3.40. The molecule has 1 aliphatic rings. The monoisotopic (exact) mass is 234 g/mol. The minimum absolute atomic E-state index is 0.227. The SMILES string of the molecule is C=CCNc1nc(NC=O)nc(NC2CC2)n1. The van der Waals surface area contributed by atoms with Gasteiger partial charge < -0.3 is 10.6 Å². The summed E-state index contributed by atoms with van der Waals surface area (Å²) in [5.74, 6) is 1.11. The Hall–Kier alpha value is -2.18. The van der Waals surface area contributed by atoms with Gasteiger partial charge in [0, 0.05) is 12.6 Å². The molecule has 1 fully saturated rings. The molecule has 1 heterocycles. The van der Waals surface area contributed by atoms with Gasteiger partial charge in [-0.05, 0) is 12.8 Å². The number of nitrogens with zero attached hydrogens (tertiary/aromatic N) is 3. The van der Waals surface area contributed by atoms with Crippen LogP contribution in [0, 0.1) is 0 Å². The molecular formula is C10H14N6O. The van der Waals surface area contributed by atoms with Crippen molar-refractivity contribution in [2.24, 2.45) is 0 Å². The minimum Gasteiger partial charge on any atom is -0.351 e. The largest absolute Gasteiger partial charge is 0.351 e. The van der Waals surface area contributed by atoms with Gasteiger partial charge in [0.05, 0.1) is 0 Å². The summed E-state index contributed by atoms with van der Waals surface area (Å²) >= 11 is 0. The Morgan fingerprint density at radius 2 is 1.94 bits per heavy atom. The lowest BCUT2D eigenvalue weighted by molar-refractivity contribution is -0.105. The number of rotatable bonds is 7. The smallest absolute Gasteiger partial charge is 0.235 e. The van der Waals surface area contributed by atoms with Crippen LogP contribution in [0.4, 0.5) is 17.8 Å². The molecule has 1 saturated carbocycles. The van der Waals surface area contributed by atoms with E-state index in [2.05, 4.69) is 37.5 Å². The lowest BCUT2D eigenvalue weighted by atomic mass is 10.6. The highest BCUT2D eigenvalue weighted by Gasteiger charge is 2.22. The zero-order chi connectivity index (χ0) is 12.1. The zero-order valence-electron chi connectivity index (χ0n) is 9.31. The molecule has 1 aromatic heterocycles. The van der Waals surface area contributed by atoms with Crippen LogP contribution in [-0.2, 0) is 4.79 Å². The van der Waals surface area contributed by atoms with Crippen LogP contribution in [0.2, 0.25) is 0 Å². The molecule has 0 spiro atoms. The van der Waals surface area contributed by atoms with Crippen molar-refractivity contribution in [3.05, 3.63) is 12.7 Å². The van der Waals surface area contributed by atoms with Crippen LogP contribution in [0.5, 0.6) is 0 Å². The van der Waals surface area contributed by atoms with Gasteiger partial charge in [0.1, 0.15) is 0 Å². The lowest BCUT2D eigenvalue weighted by Gasteiger charge is -2.07.